The Hall–Kier alpha value is -2.89. The summed E-state index contributed by atoms with van der Waals surface area (Å²) in [6.45, 7) is 5.58. The second kappa shape index (κ2) is 6.44. The molecule has 3 heterocycles. The topological polar surface area (TPSA) is 70.5 Å². The lowest BCUT2D eigenvalue weighted by Crippen LogP contribution is -2.29. The number of likely N-dealkylation sites (tertiary alicyclic amines) is 1. The molecule has 1 aromatic carbocycles. The van der Waals surface area contributed by atoms with Crippen LogP contribution in [0.1, 0.15) is 31.9 Å². The number of hydrogen-bond acceptors (Lipinski definition) is 3. The number of nitrogens with one attached hydrogen (secondary N) is 1. The van der Waals surface area contributed by atoms with Crippen molar-refractivity contribution < 1.29 is 4.79 Å². The van der Waals surface area contributed by atoms with Gasteiger partial charge in [-0.25, -0.2) is 9.50 Å². The van der Waals surface area contributed by atoms with E-state index in [1.165, 1.54) is 4.52 Å². The van der Waals surface area contributed by atoms with Gasteiger partial charge in [0, 0.05) is 43.3 Å². The summed E-state index contributed by atoms with van der Waals surface area (Å²) in [5.74, 6) is 0.536. The molecule has 3 aromatic rings. The van der Waals surface area contributed by atoms with Gasteiger partial charge in [-0.1, -0.05) is 44.2 Å². The standard InChI is InChI=1S/C20H22N4O2/c1-13(2)11-23-12-15(8-18(23)25)17-9-19(26)24-20(22-17)16(10-21-24)14-6-4-3-5-7-14/h3-7,9-10,13,15,21H,8,11-12H2,1-2H3. The summed E-state index contributed by atoms with van der Waals surface area (Å²) in [5.41, 5.74) is 3.04. The number of aromatic nitrogens is 3. The van der Waals surface area contributed by atoms with E-state index in [4.69, 9.17) is 4.98 Å². The van der Waals surface area contributed by atoms with E-state index in [1.807, 2.05) is 35.2 Å². The molecule has 0 bridgehead atoms. The predicted octanol–water partition coefficient (Wildman–Crippen LogP) is 2.66. The largest absolute Gasteiger partial charge is 0.342 e. The highest BCUT2D eigenvalue weighted by Crippen LogP contribution is 2.29. The molecule has 0 radical (unpaired) electrons. The molecule has 0 saturated carbocycles. The highest BCUT2D eigenvalue weighted by molar-refractivity contribution is 5.80. The SMILES string of the molecule is CC(C)CN1CC(c2cc(=O)n3[nH]cc(-c4ccccc4)c3n2)CC1=O. The molecule has 1 amide bonds. The minimum absolute atomic E-state index is 0.0301. The molecule has 26 heavy (non-hydrogen) atoms. The molecule has 1 atom stereocenters. The summed E-state index contributed by atoms with van der Waals surface area (Å²) < 4.78 is 1.45. The number of fused-ring (bicyclic) bond motifs is 1. The maximum atomic E-state index is 12.5. The van der Waals surface area contributed by atoms with Gasteiger partial charge < -0.3 is 4.90 Å². The van der Waals surface area contributed by atoms with Crippen LogP contribution in [-0.2, 0) is 4.79 Å². The van der Waals surface area contributed by atoms with Crippen LogP contribution in [0.3, 0.4) is 0 Å². The summed E-state index contributed by atoms with van der Waals surface area (Å²) in [6, 6.07) is 11.4. The van der Waals surface area contributed by atoms with E-state index in [-0.39, 0.29) is 17.4 Å². The molecular weight excluding hydrogens is 328 g/mol. The van der Waals surface area contributed by atoms with E-state index in [0.717, 1.165) is 17.7 Å². The lowest BCUT2D eigenvalue weighted by molar-refractivity contribution is -0.128. The molecule has 1 saturated heterocycles. The minimum Gasteiger partial charge on any atom is -0.342 e. The first kappa shape index (κ1) is 16.6. The van der Waals surface area contributed by atoms with Crippen molar-refractivity contribution in [1.29, 1.82) is 0 Å². The van der Waals surface area contributed by atoms with Crippen LogP contribution < -0.4 is 5.56 Å². The normalized spacial score (nSPS) is 17.6. The third-order valence-corrected chi connectivity index (χ3v) is 4.82. The first-order valence-corrected chi connectivity index (χ1v) is 8.97. The summed E-state index contributed by atoms with van der Waals surface area (Å²) in [7, 11) is 0. The molecule has 134 valence electrons. The number of amides is 1. The van der Waals surface area contributed by atoms with Crippen molar-refractivity contribution in [2.75, 3.05) is 13.1 Å². The number of aromatic amines is 1. The van der Waals surface area contributed by atoms with Gasteiger partial charge in [0.1, 0.15) is 0 Å². The fraction of sp³-hybridized carbons (Fsp3) is 0.350. The van der Waals surface area contributed by atoms with Crippen LogP contribution in [-0.4, -0.2) is 38.5 Å². The second-order valence-electron chi connectivity index (χ2n) is 7.33. The van der Waals surface area contributed by atoms with Gasteiger partial charge in [-0.15, -0.1) is 0 Å². The first-order valence-electron chi connectivity index (χ1n) is 8.97. The molecule has 1 N–H and O–H groups in total. The number of nitrogens with zero attached hydrogens (tertiary/aromatic N) is 3. The Balaban J connectivity index is 1.73. The van der Waals surface area contributed by atoms with E-state index in [1.54, 1.807) is 12.3 Å². The minimum atomic E-state index is -0.151. The molecule has 0 spiro atoms. The number of carbonyl (C=O) groups excluding carboxylic acids is 1. The predicted molar refractivity (Wildman–Crippen MR) is 100 cm³/mol. The number of carbonyl (C=O) groups is 1. The van der Waals surface area contributed by atoms with Crippen molar-refractivity contribution in [3.8, 4) is 11.1 Å². The van der Waals surface area contributed by atoms with Crippen molar-refractivity contribution in [2.24, 2.45) is 5.92 Å². The van der Waals surface area contributed by atoms with Gasteiger partial charge in [0.2, 0.25) is 5.91 Å². The van der Waals surface area contributed by atoms with E-state index in [2.05, 4.69) is 18.9 Å². The van der Waals surface area contributed by atoms with Gasteiger partial charge in [0.05, 0.1) is 5.69 Å². The Kier molecular flexibility index (Phi) is 4.11. The highest BCUT2D eigenvalue weighted by atomic mass is 16.2. The van der Waals surface area contributed by atoms with Crippen LogP contribution in [0.5, 0.6) is 0 Å². The van der Waals surface area contributed by atoms with E-state index in [9.17, 15) is 9.59 Å². The van der Waals surface area contributed by atoms with Gasteiger partial charge in [-0.3, -0.25) is 14.7 Å². The summed E-state index contributed by atoms with van der Waals surface area (Å²) in [6.07, 6.45) is 2.22. The highest BCUT2D eigenvalue weighted by Gasteiger charge is 2.32. The maximum absolute atomic E-state index is 12.5. The van der Waals surface area contributed by atoms with Crippen LogP contribution in [0, 0.1) is 5.92 Å². The van der Waals surface area contributed by atoms with Crippen LogP contribution in [0.15, 0.2) is 47.4 Å². The number of H-pyrrole nitrogens is 1. The van der Waals surface area contributed by atoms with E-state index >= 15 is 0 Å². The second-order valence-corrected chi connectivity index (χ2v) is 7.33. The van der Waals surface area contributed by atoms with Gasteiger partial charge in [-0.05, 0) is 11.5 Å². The third kappa shape index (κ3) is 2.92. The van der Waals surface area contributed by atoms with Crippen LogP contribution in [0.4, 0.5) is 0 Å². The van der Waals surface area contributed by atoms with Crippen molar-refractivity contribution in [3.05, 3.63) is 58.6 Å². The molecule has 2 aromatic heterocycles. The molecule has 0 aliphatic carbocycles. The van der Waals surface area contributed by atoms with Crippen molar-refractivity contribution in [2.45, 2.75) is 26.2 Å². The van der Waals surface area contributed by atoms with Crippen molar-refractivity contribution >= 4 is 11.6 Å². The molecule has 6 heteroatoms. The van der Waals surface area contributed by atoms with Crippen LogP contribution >= 0.6 is 0 Å². The smallest absolute Gasteiger partial charge is 0.272 e. The fourth-order valence-corrected chi connectivity index (χ4v) is 3.63. The van der Waals surface area contributed by atoms with Crippen LogP contribution in [0.2, 0.25) is 0 Å². The number of rotatable bonds is 4. The van der Waals surface area contributed by atoms with Gasteiger partial charge in [0.25, 0.3) is 5.56 Å². The molecule has 1 aliphatic heterocycles. The zero-order chi connectivity index (χ0) is 18.3. The Bertz CT molecular complexity index is 1000. The molecule has 4 rings (SSSR count). The lowest BCUT2D eigenvalue weighted by Gasteiger charge is -2.18. The van der Waals surface area contributed by atoms with Crippen molar-refractivity contribution in [3.63, 3.8) is 0 Å². The zero-order valence-corrected chi connectivity index (χ0v) is 15.0. The maximum Gasteiger partial charge on any atom is 0.272 e. The quantitative estimate of drug-likeness (QED) is 0.786. The molecule has 1 aliphatic rings. The summed E-state index contributed by atoms with van der Waals surface area (Å²) in [5, 5.41) is 2.98. The molecule has 6 nitrogen and oxygen atoms in total. The Morgan fingerprint density at radius 3 is 2.73 bits per heavy atom. The molecule has 1 unspecified atom stereocenters. The number of benzene rings is 1. The van der Waals surface area contributed by atoms with E-state index in [0.29, 0.717) is 30.2 Å². The monoisotopic (exact) mass is 350 g/mol. The van der Waals surface area contributed by atoms with E-state index < -0.39 is 0 Å². The summed E-state index contributed by atoms with van der Waals surface area (Å²) in [4.78, 5) is 31.5. The van der Waals surface area contributed by atoms with Gasteiger partial charge >= 0.3 is 0 Å². The van der Waals surface area contributed by atoms with Crippen molar-refractivity contribution in [1.82, 2.24) is 19.5 Å². The third-order valence-electron chi connectivity index (χ3n) is 4.82. The average Bonchev–Trinajstić information content (AvgIpc) is 3.20. The Labute approximate surface area is 151 Å². The van der Waals surface area contributed by atoms with Gasteiger partial charge in [0.15, 0.2) is 5.65 Å². The van der Waals surface area contributed by atoms with Crippen LogP contribution in [0.25, 0.3) is 16.8 Å². The summed E-state index contributed by atoms with van der Waals surface area (Å²) >= 11 is 0. The zero-order valence-electron chi connectivity index (χ0n) is 15.0. The Morgan fingerprint density at radius 1 is 1.23 bits per heavy atom. The lowest BCUT2D eigenvalue weighted by atomic mass is 10.0. The fourth-order valence-electron chi connectivity index (χ4n) is 3.63. The Morgan fingerprint density at radius 2 is 2.00 bits per heavy atom. The average molecular weight is 350 g/mol. The first-order chi connectivity index (χ1) is 12.5. The molecular formula is C20H22N4O2. The molecule has 1 fully saturated rings. The number of hydrogen-bond donors (Lipinski definition) is 1. The van der Waals surface area contributed by atoms with Gasteiger partial charge in [-0.2, -0.15) is 0 Å².